The molecule has 1 aromatic rings. The van der Waals surface area contributed by atoms with Crippen LogP contribution < -0.4 is 5.23 Å². The summed E-state index contributed by atoms with van der Waals surface area (Å²) in [5.74, 6) is 2.15. The zero-order chi connectivity index (χ0) is 7.68. The number of para-hydroxylation sites is 1. The van der Waals surface area contributed by atoms with Gasteiger partial charge in [0.25, 0.3) is 6.85 Å². The van der Waals surface area contributed by atoms with Crippen LogP contribution in [0.5, 0.6) is 0 Å². The molecule has 0 aliphatic carbocycles. The van der Waals surface area contributed by atoms with Crippen LogP contribution >= 0.6 is 0 Å². The number of hydrogen-bond donors (Lipinski definition) is 1. The van der Waals surface area contributed by atoms with Gasteiger partial charge in [0.05, 0.1) is 0 Å². The lowest BCUT2D eigenvalue weighted by Gasteiger charge is -2.15. The summed E-state index contributed by atoms with van der Waals surface area (Å²) in [6.45, 7) is 2.56. The average Bonchev–Trinajstić information content (AvgIpc) is 2.04. The van der Waals surface area contributed by atoms with Gasteiger partial charge < -0.3 is 5.23 Å². The van der Waals surface area contributed by atoms with Crippen molar-refractivity contribution >= 4 is 18.6 Å². The molecule has 1 N–H and O–H groups in total. The molecule has 0 saturated carbocycles. The van der Waals surface area contributed by atoms with Crippen molar-refractivity contribution in [2.45, 2.75) is 6.82 Å². The lowest BCUT2D eigenvalue weighted by Crippen LogP contribution is -2.20. The fourth-order valence-electron chi connectivity index (χ4n) is 1.24. The zero-order valence-corrected chi connectivity index (χ0v) is 6.46. The molecule has 0 fully saturated rings. The largest absolute Gasteiger partial charge is 0.424 e. The molecule has 1 nitrogen and oxygen atoms in total. The van der Waals surface area contributed by atoms with Gasteiger partial charge >= 0.3 is 0 Å². The first-order chi connectivity index (χ1) is 5.36. The highest BCUT2D eigenvalue weighted by Crippen LogP contribution is 2.19. The van der Waals surface area contributed by atoms with Crippen molar-refractivity contribution in [3.05, 3.63) is 35.8 Å². The molecule has 0 spiro atoms. The smallest absolute Gasteiger partial charge is 0.275 e. The maximum absolute atomic E-state index is 3.32. The second-order valence-electron chi connectivity index (χ2n) is 2.79. The van der Waals surface area contributed by atoms with Crippen molar-refractivity contribution < 1.29 is 0 Å². The van der Waals surface area contributed by atoms with Gasteiger partial charge in [-0.25, -0.2) is 0 Å². The first kappa shape index (κ1) is 6.53. The number of nitrogens with one attached hydrogen (secondary N) is 1. The highest BCUT2D eigenvalue weighted by atomic mass is 14.8. The molecular weight excluding hydrogens is 133 g/mol. The van der Waals surface area contributed by atoms with E-state index >= 15 is 0 Å². The van der Waals surface area contributed by atoms with E-state index in [1.54, 1.807) is 0 Å². The fraction of sp³-hybridized carbons (Fsp3) is 0.111. The minimum absolute atomic E-state index is 0.432. The first-order valence-corrected chi connectivity index (χ1v) is 3.82. The minimum atomic E-state index is 0.432. The Labute approximate surface area is 67.2 Å². The third-order valence-corrected chi connectivity index (χ3v) is 1.82. The summed E-state index contributed by atoms with van der Waals surface area (Å²) >= 11 is 0. The third kappa shape index (κ3) is 1.16. The van der Waals surface area contributed by atoms with Gasteiger partial charge in [-0.05, 0) is 5.56 Å². The molecule has 0 unspecified atom stereocenters. The van der Waals surface area contributed by atoms with Gasteiger partial charge in [-0.2, -0.15) is 0 Å². The molecule has 0 atom stereocenters. The lowest BCUT2D eigenvalue weighted by molar-refractivity contribution is 1.58. The monoisotopic (exact) mass is 142 g/mol. The Balaban J connectivity index is 2.46. The number of rotatable bonds is 0. The van der Waals surface area contributed by atoms with E-state index in [0.717, 1.165) is 5.69 Å². The Morgan fingerprint density at radius 1 is 1.55 bits per heavy atom. The molecule has 1 heterocycles. The Bertz CT molecular complexity index is 293. The van der Waals surface area contributed by atoms with Crippen molar-refractivity contribution in [2.75, 3.05) is 5.23 Å². The van der Waals surface area contributed by atoms with Gasteiger partial charge in [0.1, 0.15) is 0 Å². The summed E-state index contributed by atoms with van der Waals surface area (Å²) in [5, 5.41) is 3.32. The van der Waals surface area contributed by atoms with Crippen molar-refractivity contribution in [2.24, 2.45) is 0 Å². The van der Waals surface area contributed by atoms with Crippen molar-refractivity contribution in [3.8, 4) is 0 Å². The van der Waals surface area contributed by atoms with Gasteiger partial charge in [-0.3, -0.25) is 0 Å². The number of anilines is 1. The molecule has 11 heavy (non-hydrogen) atoms. The van der Waals surface area contributed by atoms with Crippen LogP contribution in [0.2, 0.25) is 6.82 Å². The Morgan fingerprint density at radius 3 is 3.36 bits per heavy atom. The molecule has 0 saturated heterocycles. The quantitative estimate of drug-likeness (QED) is 0.546. The van der Waals surface area contributed by atoms with Crippen LogP contribution in [0.1, 0.15) is 5.56 Å². The van der Waals surface area contributed by atoms with Crippen molar-refractivity contribution in [3.63, 3.8) is 0 Å². The van der Waals surface area contributed by atoms with E-state index in [-0.39, 0.29) is 0 Å². The van der Waals surface area contributed by atoms with E-state index in [9.17, 15) is 0 Å². The predicted molar refractivity (Wildman–Crippen MR) is 49.6 cm³/mol. The molecule has 1 aromatic carbocycles. The van der Waals surface area contributed by atoms with Crippen LogP contribution in [0.25, 0.3) is 6.08 Å². The highest BCUT2D eigenvalue weighted by Gasteiger charge is 2.09. The predicted octanol–water partition coefficient (Wildman–Crippen LogP) is 2.09. The molecule has 1 aliphatic rings. The van der Waals surface area contributed by atoms with Crippen molar-refractivity contribution in [1.29, 1.82) is 0 Å². The molecule has 1 aliphatic heterocycles. The fourth-order valence-corrected chi connectivity index (χ4v) is 1.24. The van der Waals surface area contributed by atoms with Gasteiger partial charge in [0, 0.05) is 11.8 Å². The van der Waals surface area contributed by atoms with Crippen LogP contribution in [0.3, 0.4) is 0 Å². The number of benzene rings is 1. The summed E-state index contributed by atoms with van der Waals surface area (Å²) in [4.78, 5) is 0. The van der Waals surface area contributed by atoms with Gasteiger partial charge in [-0.15, -0.1) is 0 Å². The van der Waals surface area contributed by atoms with E-state index in [4.69, 9.17) is 0 Å². The standard InChI is InChI=1S/C9H9BN/c1-10-7-6-8-4-2-3-5-9(8)11-10/h2-4,6-7,11H,1H3. The van der Waals surface area contributed by atoms with Gasteiger partial charge in [0.15, 0.2) is 0 Å². The maximum atomic E-state index is 3.32. The average molecular weight is 142 g/mol. The molecule has 2 heteroatoms. The van der Waals surface area contributed by atoms with Crippen LogP contribution in [0, 0.1) is 6.07 Å². The van der Waals surface area contributed by atoms with E-state index in [0.29, 0.717) is 6.85 Å². The van der Waals surface area contributed by atoms with Crippen LogP contribution in [0.4, 0.5) is 5.69 Å². The Hall–Kier alpha value is -1.18. The second-order valence-corrected chi connectivity index (χ2v) is 2.79. The normalized spacial score (nSPS) is 14.1. The van der Waals surface area contributed by atoms with Gasteiger partial charge in [-0.1, -0.05) is 37.1 Å². The lowest BCUT2D eigenvalue weighted by atomic mass is 9.63. The Morgan fingerprint density at radius 2 is 2.45 bits per heavy atom. The topological polar surface area (TPSA) is 12.0 Å². The highest BCUT2D eigenvalue weighted by molar-refractivity contribution is 6.67. The van der Waals surface area contributed by atoms with Crippen LogP contribution in [0.15, 0.2) is 24.2 Å². The molecule has 0 bridgehead atoms. The molecule has 2 rings (SSSR count). The molecule has 0 aromatic heterocycles. The van der Waals surface area contributed by atoms with Crippen LogP contribution in [-0.2, 0) is 0 Å². The second kappa shape index (κ2) is 2.46. The van der Waals surface area contributed by atoms with E-state index in [1.807, 2.05) is 12.1 Å². The van der Waals surface area contributed by atoms with Crippen LogP contribution in [-0.4, -0.2) is 6.85 Å². The summed E-state index contributed by atoms with van der Waals surface area (Å²) in [6, 6.07) is 9.17. The summed E-state index contributed by atoms with van der Waals surface area (Å²) < 4.78 is 0. The van der Waals surface area contributed by atoms with E-state index < -0.39 is 0 Å². The van der Waals surface area contributed by atoms with Gasteiger partial charge in [0.2, 0.25) is 0 Å². The zero-order valence-electron chi connectivity index (χ0n) is 6.46. The van der Waals surface area contributed by atoms with E-state index in [2.05, 4.69) is 36.2 Å². The minimum Gasteiger partial charge on any atom is -0.424 e. The Kier molecular flexibility index (Phi) is 1.46. The third-order valence-electron chi connectivity index (χ3n) is 1.82. The maximum Gasteiger partial charge on any atom is 0.275 e. The first-order valence-electron chi connectivity index (χ1n) is 3.82. The molecular formula is C9H9BN. The number of fused-ring (bicyclic) bond motifs is 1. The summed E-state index contributed by atoms with van der Waals surface area (Å²) in [5.41, 5.74) is 2.34. The SMILES string of the molecule is CB1C=Cc2ccc[c]c2N1. The van der Waals surface area contributed by atoms with Crippen molar-refractivity contribution in [1.82, 2.24) is 0 Å². The number of hydrogen-bond acceptors (Lipinski definition) is 1. The molecule has 53 valence electrons. The van der Waals surface area contributed by atoms with E-state index in [1.165, 1.54) is 5.56 Å². The molecule has 0 amide bonds. The molecule has 1 radical (unpaired) electrons. The summed E-state index contributed by atoms with van der Waals surface area (Å²) in [7, 11) is 0. The summed E-state index contributed by atoms with van der Waals surface area (Å²) in [6.07, 6.45) is 2.13.